The Hall–Kier alpha value is -2.07. The number of aromatic amines is 1. The lowest BCUT2D eigenvalue weighted by molar-refractivity contribution is 0.415. The standard InChI is InChI=1S/C17H16N2OS/c1-20-14-7-8-15-16(10-14)19(17(21)18-15)13-6-5-11-3-2-4-12(11)9-13/h5-10H,2-4H2,1H3,(H,18,21). The predicted octanol–water partition coefficient (Wildman–Crippen LogP) is 4.19. The van der Waals surface area contributed by atoms with Crippen LogP contribution in [0.5, 0.6) is 5.75 Å². The van der Waals surface area contributed by atoms with Crippen LogP contribution in [0.25, 0.3) is 16.7 Å². The average Bonchev–Trinajstić information content (AvgIpc) is 3.08. The van der Waals surface area contributed by atoms with E-state index in [-0.39, 0.29) is 0 Å². The molecule has 3 nitrogen and oxygen atoms in total. The van der Waals surface area contributed by atoms with Crippen molar-refractivity contribution in [3.63, 3.8) is 0 Å². The van der Waals surface area contributed by atoms with Crippen molar-refractivity contribution >= 4 is 23.3 Å². The molecule has 1 aromatic heterocycles. The number of methoxy groups -OCH3 is 1. The van der Waals surface area contributed by atoms with Crippen LogP contribution in [-0.4, -0.2) is 16.7 Å². The lowest BCUT2D eigenvalue weighted by Crippen LogP contribution is -1.96. The van der Waals surface area contributed by atoms with Gasteiger partial charge in [-0.15, -0.1) is 0 Å². The van der Waals surface area contributed by atoms with Gasteiger partial charge in [-0.25, -0.2) is 0 Å². The van der Waals surface area contributed by atoms with Crippen LogP contribution < -0.4 is 4.74 Å². The summed E-state index contributed by atoms with van der Waals surface area (Å²) in [5, 5.41) is 0. The molecule has 0 bridgehead atoms. The molecule has 0 unspecified atom stereocenters. The van der Waals surface area contributed by atoms with Crippen LogP contribution in [0.3, 0.4) is 0 Å². The largest absolute Gasteiger partial charge is 0.497 e. The minimum atomic E-state index is 0.719. The van der Waals surface area contributed by atoms with Gasteiger partial charge in [-0.3, -0.25) is 4.57 Å². The molecule has 0 radical (unpaired) electrons. The van der Waals surface area contributed by atoms with E-state index in [0.29, 0.717) is 0 Å². The van der Waals surface area contributed by atoms with Crippen molar-refractivity contribution in [2.24, 2.45) is 0 Å². The molecule has 0 atom stereocenters. The van der Waals surface area contributed by atoms with Crippen molar-refractivity contribution in [1.29, 1.82) is 0 Å². The molecule has 1 aliphatic rings. The molecule has 1 N–H and O–H groups in total. The van der Waals surface area contributed by atoms with Gasteiger partial charge in [-0.05, 0) is 66.9 Å². The summed E-state index contributed by atoms with van der Waals surface area (Å²) in [5.74, 6) is 0.839. The van der Waals surface area contributed by atoms with E-state index < -0.39 is 0 Å². The summed E-state index contributed by atoms with van der Waals surface area (Å²) in [6, 6.07) is 12.6. The molecule has 0 saturated carbocycles. The molecule has 21 heavy (non-hydrogen) atoms. The Kier molecular flexibility index (Phi) is 2.86. The highest BCUT2D eigenvalue weighted by Crippen LogP contribution is 2.28. The summed E-state index contributed by atoms with van der Waals surface area (Å²) in [6.07, 6.45) is 3.62. The van der Waals surface area contributed by atoms with Crippen molar-refractivity contribution in [3.05, 3.63) is 52.3 Å². The zero-order valence-electron chi connectivity index (χ0n) is 11.8. The Balaban J connectivity index is 1.97. The summed E-state index contributed by atoms with van der Waals surface area (Å²) in [7, 11) is 1.68. The molecular formula is C17H16N2OS. The van der Waals surface area contributed by atoms with E-state index in [1.165, 1.54) is 30.4 Å². The zero-order valence-corrected chi connectivity index (χ0v) is 12.7. The van der Waals surface area contributed by atoms with Gasteiger partial charge < -0.3 is 9.72 Å². The number of nitrogens with zero attached hydrogens (tertiary/aromatic N) is 1. The van der Waals surface area contributed by atoms with E-state index in [9.17, 15) is 0 Å². The molecule has 3 aromatic rings. The fourth-order valence-electron chi connectivity index (χ4n) is 3.16. The third kappa shape index (κ3) is 1.98. The van der Waals surface area contributed by atoms with Crippen LogP contribution in [0.4, 0.5) is 0 Å². The summed E-state index contributed by atoms with van der Waals surface area (Å²) < 4.78 is 8.14. The van der Waals surface area contributed by atoms with Crippen LogP contribution in [0, 0.1) is 4.77 Å². The highest BCUT2D eigenvalue weighted by atomic mass is 32.1. The maximum absolute atomic E-state index is 5.51. The lowest BCUT2D eigenvalue weighted by Gasteiger charge is -2.08. The summed E-state index contributed by atoms with van der Waals surface area (Å²) in [4.78, 5) is 3.27. The van der Waals surface area contributed by atoms with Crippen molar-refractivity contribution < 1.29 is 4.74 Å². The number of fused-ring (bicyclic) bond motifs is 2. The van der Waals surface area contributed by atoms with Crippen molar-refractivity contribution in [2.75, 3.05) is 7.11 Å². The minimum Gasteiger partial charge on any atom is -0.497 e. The van der Waals surface area contributed by atoms with Crippen LogP contribution in [-0.2, 0) is 12.8 Å². The third-order valence-corrected chi connectivity index (χ3v) is 4.52. The first kappa shape index (κ1) is 12.7. The Morgan fingerprint density at radius 2 is 1.95 bits per heavy atom. The van der Waals surface area contributed by atoms with Crippen molar-refractivity contribution in [3.8, 4) is 11.4 Å². The number of aryl methyl sites for hydroxylation is 2. The smallest absolute Gasteiger partial charge is 0.182 e. The summed E-state index contributed by atoms with van der Waals surface area (Å²) in [5.41, 5.74) is 6.13. The van der Waals surface area contributed by atoms with Gasteiger partial charge in [0.2, 0.25) is 0 Å². The number of hydrogen-bond donors (Lipinski definition) is 1. The van der Waals surface area contributed by atoms with E-state index in [0.717, 1.165) is 27.2 Å². The third-order valence-electron chi connectivity index (χ3n) is 4.23. The maximum Gasteiger partial charge on any atom is 0.182 e. The molecule has 2 aromatic carbocycles. The Morgan fingerprint density at radius 3 is 2.81 bits per heavy atom. The second-order valence-corrected chi connectivity index (χ2v) is 5.84. The maximum atomic E-state index is 5.51. The van der Waals surface area contributed by atoms with Gasteiger partial charge in [-0.2, -0.15) is 0 Å². The van der Waals surface area contributed by atoms with E-state index in [4.69, 9.17) is 17.0 Å². The number of aromatic nitrogens is 2. The van der Waals surface area contributed by atoms with Crippen LogP contribution in [0.15, 0.2) is 36.4 Å². The fraction of sp³-hybridized carbons (Fsp3) is 0.235. The SMILES string of the molecule is COc1ccc2[nH]c(=S)n(-c3ccc4c(c3)CCC4)c2c1. The molecule has 0 saturated heterocycles. The Labute approximate surface area is 128 Å². The molecular weight excluding hydrogens is 280 g/mol. The van der Waals surface area contributed by atoms with Crippen molar-refractivity contribution in [1.82, 2.24) is 9.55 Å². The highest BCUT2D eigenvalue weighted by molar-refractivity contribution is 7.71. The number of nitrogens with one attached hydrogen (secondary N) is 1. The molecule has 0 amide bonds. The normalized spacial score (nSPS) is 13.6. The second-order valence-electron chi connectivity index (χ2n) is 5.46. The predicted molar refractivity (Wildman–Crippen MR) is 87.0 cm³/mol. The first-order chi connectivity index (χ1) is 10.3. The minimum absolute atomic E-state index is 0.719. The van der Waals surface area contributed by atoms with Crippen LogP contribution in [0.1, 0.15) is 17.5 Å². The highest BCUT2D eigenvalue weighted by Gasteiger charge is 2.13. The summed E-state index contributed by atoms with van der Waals surface area (Å²) in [6.45, 7) is 0. The van der Waals surface area contributed by atoms with Gasteiger partial charge in [-0.1, -0.05) is 6.07 Å². The Morgan fingerprint density at radius 1 is 1.10 bits per heavy atom. The number of ether oxygens (including phenoxy) is 1. The van der Waals surface area contributed by atoms with Gasteiger partial charge in [0, 0.05) is 11.8 Å². The average molecular weight is 296 g/mol. The Bertz CT molecular complexity index is 891. The van der Waals surface area contributed by atoms with Gasteiger partial charge in [0.25, 0.3) is 0 Å². The molecule has 1 heterocycles. The van der Waals surface area contributed by atoms with Crippen LogP contribution >= 0.6 is 12.2 Å². The molecule has 1 aliphatic carbocycles. The first-order valence-corrected chi connectivity index (χ1v) is 7.58. The molecule has 0 fully saturated rings. The van der Waals surface area contributed by atoms with Gasteiger partial charge in [0.15, 0.2) is 4.77 Å². The number of imidazole rings is 1. The topological polar surface area (TPSA) is 29.9 Å². The second kappa shape index (κ2) is 4.74. The first-order valence-electron chi connectivity index (χ1n) is 7.17. The lowest BCUT2D eigenvalue weighted by atomic mass is 10.1. The number of rotatable bonds is 2. The van der Waals surface area contributed by atoms with Crippen LogP contribution in [0.2, 0.25) is 0 Å². The quantitative estimate of drug-likeness (QED) is 0.719. The summed E-state index contributed by atoms with van der Waals surface area (Å²) >= 11 is 5.51. The molecule has 0 aliphatic heterocycles. The zero-order chi connectivity index (χ0) is 14.4. The number of H-pyrrole nitrogens is 1. The van der Waals surface area contributed by atoms with Gasteiger partial charge >= 0.3 is 0 Å². The number of hydrogen-bond acceptors (Lipinski definition) is 2. The van der Waals surface area contributed by atoms with E-state index in [1.54, 1.807) is 7.11 Å². The fourth-order valence-corrected chi connectivity index (χ4v) is 3.48. The van der Waals surface area contributed by atoms with Gasteiger partial charge in [0.1, 0.15) is 5.75 Å². The number of benzene rings is 2. The molecule has 4 rings (SSSR count). The molecule has 106 valence electrons. The van der Waals surface area contributed by atoms with Gasteiger partial charge in [0.05, 0.1) is 18.1 Å². The van der Waals surface area contributed by atoms with E-state index >= 15 is 0 Å². The monoisotopic (exact) mass is 296 g/mol. The molecule has 0 spiro atoms. The van der Waals surface area contributed by atoms with Crippen molar-refractivity contribution in [2.45, 2.75) is 19.3 Å². The molecule has 4 heteroatoms. The van der Waals surface area contributed by atoms with E-state index in [2.05, 4.69) is 27.8 Å². The van der Waals surface area contributed by atoms with E-state index in [1.807, 2.05) is 18.2 Å².